The molecule has 0 saturated heterocycles. The van der Waals surface area contributed by atoms with Crippen LogP contribution < -0.4 is 15.4 Å². The topological polar surface area (TPSA) is 70.6 Å². The first-order valence-corrected chi connectivity index (χ1v) is 6.56. The lowest BCUT2D eigenvalue weighted by molar-refractivity contribution is 0.102. The SMILES string of the molecule is CNCc1cccc(NC(=O)c2ccc(OC)c(O)c2)c1. The number of carbonyl (C=O) groups excluding carboxylic acids is 1. The molecule has 1 amide bonds. The summed E-state index contributed by atoms with van der Waals surface area (Å²) in [7, 11) is 3.33. The predicted molar refractivity (Wildman–Crippen MR) is 81.8 cm³/mol. The molecule has 0 fully saturated rings. The second kappa shape index (κ2) is 6.76. The fourth-order valence-electron chi connectivity index (χ4n) is 2.00. The Balaban J connectivity index is 2.14. The maximum absolute atomic E-state index is 12.2. The number of ether oxygens (including phenoxy) is 1. The van der Waals surface area contributed by atoms with Gasteiger partial charge in [-0.3, -0.25) is 4.79 Å². The highest BCUT2D eigenvalue weighted by Gasteiger charge is 2.10. The van der Waals surface area contributed by atoms with Gasteiger partial charge in [-0.25, -0.2) is 0 Å². The van der Waals surface area contributed by atoms with Crippen LogP contribution in [0.15, 0.2) is 42.5 Å². The van der Waals surface area contributed by atoms with Crippen LogP contribution in [0.2, 0.25) is 0 Å². The van der Waals surface area contributed by atoms with Gasteiger partial charge in [0.25, 0.3) is 5.91 Å². The molecule has 0 spiro atoms. The van der Waals surface area contributed by atoms with Crippen molar-refractivity contribution in [3.8, 4) is 11.5 Å². The van der Waals surface area contributed by atoms with E-state index >= 15 is 0 Å². The van der Waals surface area contributed by atoms with Crippen molar-refractivity contribution < 1.29 is 14.6 Å². The minimum absolute atomic E-state index is 0.0610. The van der Waals surface area contributed by atoms with Gasteiger partial charge in [0.1, 0.15) is 0 Å². The molecule has 21 heavy (non-hydrogen) atoms. The van der Waals surface area contributed by atoms with E-state index in [4.69, 9.17) is 4.74 Å². The van der Waals surface area contributed by atoms with Gasteiger partial charge in [0.05, 0.1) is 7.11 Å². The monoisotopic (exact) mass is 286 g/mol. The van der Waals surface area contributed by atoms with Crippen molar-refractivity contribution in [2.24, 2.45) is 0 Å². The molecule has 2 aromatic rings. The van der Waals surface area contributed by atoms with E-state index in [2.05, 4.69) is 10.6 Å². The minimum Gasteiger partial charge on any atom is -0.504 e. The lowest BCUT2D eigenvalue weighted by Crippen LogP contribution is -2.12. The van der Waals surface area contributed by atoms with Gasteiger partial charge in [-0.2, -0.15) is 0 Å². The largest absolute Gasteiger partial charge is 0.504 e. The summed E-state index contributed by atoms with van der Waals surface area (Å²) in [6, 6.07) is 12.1. The summed E-state index contributed by atoms with van der Waals surface area (Å²) in [4.78, 5) is 12.2. The number of amides is 1. The Kier molecular flexibility index (Phi) is 4.79. The second-order valence-corrected chi connectivity index (χ2v) is 4.57. The molecule has 0 aromatic heterocycles. The smallest absolute Gasteiger partial charge is 0.255 e. The molecule has 2 rings (SSSR count). The Morgan fingerprint density at radius 1 is 1.24 bits per heavy atom. The van der Waals surface area contributed by atoms with Crippen LogP contribution in [-0.2, 0) is 6.54 Å². The molecular weight excluding hydrogens is 268 g/mol. The van der Waals surface area contributed by atoms with Crippen molar-refractivity contribution in [1.82, 2.24) is 5.32 Å². The molecule has 3 N–H and O–H groups in total. The second-order valence-electron chi connectivity index (χ2n) is 4.57. The number of nitrogens with one attached hydrogen (secondary N) is 2. The Bertz CT molecular complexity index is 641. The molecule has 0 aliphatic carbocycles. The van der Waals surface area contributed by atoms with Crippen LogP contribution in [0.3, 0.4) is 0 Å². The molecule has 5 nitrogen and oxygen atoms in total. The van der Waals surface area contributed by atoms with Crippen LogP contribution >= 0.6 is 0 Å². The molecule has 0 saturated carbocycles. The Morgan fingerprint density at radius 3 is 2.71 bits per heavy atom. The number of rotatable bonds is 5. The standard InChI is InChI=1S/C16H18N2O3/c1-17-10-11-4-3-5-13(8-11)18-16(20)12-6-7-15(21-2)14(19)9-12/h3-9,17,19H,10H2,1-2H3,(H,18,20). The average Bonchev–Trinajstić information content (AvgIpc) is 2.48. The number of carbonyl (C=O) groups is 1. The molecule has 0 aliphatic heterocycles. The van der Waals surface area contributed by atoms with Gasteiger partial charge >= 0.3 is 0 Å². The maximum Gasteiger partial charge on any atom is 0.255 e. The highest BCUT2D eigenvalue weighted by molar-refractivity contribution is 6.04. The zero-order valence-electron chi connectivity index (χ0n) is 12.0. The number of hydrogen-bond acceptors (Lipinski definition) is 4. The van der Waals surface area contributed by atoms with Crippen LogP contribution in [0.5, 0.6) is 11.5 Å². The van der Waals surface area contributed by atoms with Crippen molar-refractivity contribution in [3.63, 3.8) is 0 Å². The molecule has 0 atom stereocenters. The number of methoxy groups -OCH3 is 1. The Morgan fingerprint density at radius 2 is 2.05 bits per heavy atom. The third-order valence-electron chi connectivity index (χ3n) is 3.01. The van der Waals surface area contributed by atoms with Gasteiger partial charge in [-0.1, -0.05) is 12.1 Å². The van der Waals surface area contributed by atoms with Crippen LogP contribution in [-0.4, -0.2) is 25.2 Å². The van der Waals surface area contributed by atoms with Crippen LogP contribution in [0.25, 0.3) is 0 Å². The van der Waals surface area contributed by atoms with Crippen molar-refractivity contribution in [2.45, 2.75) is 6.54 Å². The predicted octanol–water partition coefficient (Wildman–Crippen LogP) is 2.37. The minimum atomic E-state index is -0.283. The van der Waals surface area contributed by atoms with E-state index < -0.39 is 0 Å². The Labute approximate surface area is 123 Å². The number of aromatic hydroxyl groups is 1. The van der Waals surface area contributed by atoms with E-state index in [0.717, 1.165) is 12.1 Å². The quantitative estimate of drug-likeness (QED) is 0.789. The van der Waals surface area contributed by atoms with E-state index in [1.165, 1.54) is 13.2 Å². The van der Waals surface area contributed by atoms with Crippen LogP contribution in [0.1, 0.15) is 15.9 Å². The number of benzene rings is 2. The Hall–Kier alpha value is -2.53. The summed E-state index contributed by atoms with van der Waals surface area (Å²) >= 11 is 0. The normalized spacial score (nSPS) is 10.2. The van der Waals surface area contributed by atoms with Crippen molar-refractivity contribution in [2.75, 3.05) is 19.5 Å². The number of hydrogen-bond donors (Lipinski definition) is 3. The van der Waals surface area contributed by atoms with Gasteiger partial charge in [0, 0.05) is 17.8 Å². The highest BCUT2D eigenvalue weighted by atomic mass is 16.5. The first-order valence-electron chi connectivity index (χ1n) is 6.56. The summed E-state index contributed by atoms with van der Waals surface area (Å²) < 4.78 is 4.95. The zero-order chi connectivity index (χ0) is 15.2. The first kappa shape index (κ1) is 14.9. The number of phenolic OH excluding ortho intramolecular Hbond substituents is 1. The van der Waals surface area contributed by atoms with Gasteiger partial charge in [-0.15, -0.1) is 0 Å². The zero-order valence-corrected chi connectivity index (χ0v) is 12.0. The summed E-state index contributed by atoms with van der Waals surface area (Å²) in [5.74, 6) is -0.00814. The summed E-state index contributed by atoms with van der Waals surface area (Å²) in [5, 5.41) is 15.6. The van der Waals surface area contributed by atoms with Gasteiger partial charge in [-0.05, 0) is 42.9 Å². The maximum atomic E-state index is 12.2. The lowest BCUT2D eigenvalue weighted by atomic mass is 10.1. The highest BCUT2D eigenvalue weighted by Crippen LogP contribution is 2.26. The van der Waals surface area contributed by atoms with Crippen molar-refractivity contribution >= 4 is 11.6 Å². The molecule has 110 valence electrons. The fourth-order valence-corrected chi connectivity index (χ4v) is 2.00. The molecular formula is C16H18N2O3. The molecule has 5 heteroatoms. The summed E-state index contributed by atoms with van der Waals surface area (Å²) in [6.45, 7) is 0.729. The lowest BCUT2D eigenvalue weighted by Gasteiger charge is -2.09. The summed E-state index contributed by atoms with van der Waals surface area (Å²) in [6.07, 6.45) is 0. The van der Waals surface area contributed by atoms with Crippen LogP contribution in [0.4, 0.5) is 5.69 Å². The van der Waals surface area contributed by atoms with E-state index in [9.17, 15) is 9.90 Å². The number of phenols is 1. The first-order chi connectivity index (χ1) is 10.1. The van der Waals surface area contributed by atoms with E-state index in [0.29, 0.717) is 17.0 Å². The van der Waals surface area contributed by atoms with Gasteiger partial charge < -0.3 is 20.5 Å². The third-order valence-corrected chi connectivity index (χ3v) is 3.01. The average molecular weight is 286 g/mol. The van der Waals surface area contributed by atoms with E-state index in [-0.39, 0.29) is 11.7 Å². The van der Waals surface area contributed by atoms with Crippen molar-refractivity contribution in [3.05, 3.63) is 53.6 Å². The van der Waals surface area contributed by atoms with Crippen molar-refractivity contribution in [1.29, 1.82) is 0 Å². The van der Waals surface area contributed by atoms with E-state index in [1.807, 2.05) is 31.3 Å². The fraction of sp³-hybridized carbons (Fsp3) is 0.188. The van der Waals surface area contributed by atoms with Gasteiger partial charge in [0.15, 0.2) is 11.5 Å². The summed E-state index contributed by atoms with van der Waals surface area (Å²) in [5.41, 5.74) is 2.16. The van der Waals surface area contributed by atoms with Crippen LogP contribution in [0, 0.1) is 0 Å². The molecule has 0 bridgehead atoms. The third kappa shape index (κ3) is 3.73. The molecule has 2 aromatic carbocycles. The van der Waals surface area contributed by atoms with E-state index in [1.54, 1.807) is 12.1 Å². The molecule has 0 radical (unpaired) electrons. The molecule has 0 aliphatic rings. The van der Waals surface area contributed by atoms with Gasteiger partial charge in [0.2, 0.25) is 0 Å². The molecule has 0 unspecified atom stereocenters. The number of anilines is 1. The molecule has 0 heterocycles.